The van der Waals surface area contributed by atoms with Crippen LogP contribution in [-0.2, 0) is 0 Å². The fourth-order valence-electron chi connectivity index (χ4n) is 1.94. The van der Waals surface area contributed by atoms with Crippen LogP contribution in [0.1, 0.15) is 26.2 Å². The predicted molar refractivity (Wildman–Crippen MR) is 72.3 cm³/mol. The van der Waals surface area contributed by atoms with Crippen molar-refractivity contribution in [1.29, 1.82) is 0 Å². The van der Waals surface area contributed by atoms with E-state index in [0.29, 0.717) is 6.04 Å². The molecule has 0 heterocycles. The number of hydrogen-bond donors (Lipinski definition) is 2. The van der Waals surface area contributed by atoms with Crippen molar-refractivity contribution in [3.63, 3.8) is 0 Å². The molecular weight excluding hydrogens is 214 g/mol. The van der Waals surface area contributed by atoms with Crippen molar-refractivity contribution < 1.29 is 5.11 Å². The molecule has 0 spiro atoms. The summed E-state index contributed by atoms with van der Waals surface area (Å²) < 4.78 is 0. The fraction of sp³-hybridized carbons (Fsp3) is 1.00. The molecule has 4 heteroatoms. The van der Waals surface area contributed by atoms with Crippen molar-refractivity contribution in [3.05, 3.63) is 0 Å². The molecule has 2 N–H and O–H groups in total. The Balaban J connectivity index is 2.06. The highest BCUT2D eigenvalue weighted by molar-refractivity contribution is 4.82. The molecule has 1 atom stereocenters. The first-order chi connectivity index (χ1) is 8.11. The van der Waals surface area contributed by atoms with E-state index in [4.69, 9.17) is 0 Å². The second-order valence-electron chi connectivity index (χ2n) is 5.39. The summed E-state index contributed by atoms with van der Waals surface area (Å²) in [7, 11) is 4.20. The van der Waals surface area contributed by atoms with E-state index in [1.807, 2.05) is 0 Å². The summed E-state index contributed by atoms with van der Waals surface area (Å²) in [5.41, 5.74) is 0. The summed E-state index contributed by atoms with van der Waals surface area (Å²) in [5.74, 6) is 0. The third-order valence-electron chi connectivity index (χ3n) is 3.22. The molecule has 17 heavy (non-hydrogen) atoms. The van der Waals surface area contributed by atoms with Crippen LogP contribution >= 0.6 is 0 Å². The third kappa shape index (κ3) is 7.71. The summed E-state index contributed by atoms with van der Waals surface area (Å²) >= 11 is 0. The average Bonchev–Trinajstić information content (AvgIpc) is 3.08. The molecule has 102 valence electrons. The highest BCUT2D eigenvalue weighted by atomic mass is 16.3. The Bertz CT molecular complexity index is 195. The van der Waals surface area contributed by atoms with Crippen molar-refractivity contribution in [2.75, 3.05) is 46.8 Å². The van der Waals surface area contributed by atoms with E-state index in [0.717, 1.165) is 32.7 Å². The maximum Gasteiger partial charge on any atom is 0.0791 e. The van der Waals surface area contributed by atoms with Gasteiger partial charge in [-0.15, -0.1) is 0 Å². The lowest BCUT2D eigenvalue weighted by Crippen LogP contribution is -2.39. The molecule has 0 aromatic heterocycles. The first kappa shape index (κ1) is 14.9. The van der Waals surface area contributed by atoms with Gasteiger partial charge >= 0.3 is 0 Å². The largest absolute Gasteiger partial charge is 0.390 e. The standard InChI is InChI=1S/C13H29N3O/c1-4-16(9-5-8-15(2)3)11-13(17)10-14-12-6-7-12/h12-14,17H,4-11H2,1-3H3. The van der Waals surface area contributed by atoms with Gasteiger partial charge in [-0.05, 0) is 53.0 Å². The summed E-state index contributed by atoms with van der Waals surface area (Å²) in [6, 6.07) is 0.688. The van der Waals surface area contributed by atoms with Gasteiger partial charge in [0.2, 0.25) is 0 Å². The van der Waals surface area contributed by atoms with Gasteiger partial charge in [0, 0.05) is 19.1 Å². The van der Waals surface area contributed by atoms with Crippen LogP contribution in [0.25, 0.3) is 0 Å². The molecule has 0 bridgehead atoms. The Kier molecular flexibility index (Phi) is 7.04. The van der Waals surface area contributed by atoms with Gasteiger partial charge in [-0.1, -0.05) is 6.92 Å². The van der Waals surface area contributed by atoms with Gasteiger partial charge in [0.1, 0.15) is 0 Å². The third-order valence-corrected chi connectivity index (χ3v) is 3.22. The van der Waals surface area contributed by atoms with Crippen LogP contribution in [0.4, 0.5) is 0 Å². The van der Waals surface area contributed by atoms with E-state index < -0.39 is 0 Å². The zero-order chi connectivity index (χ0) is 12.7. The number of aliphatic hydroxyl groups excluding tert-OH is 1. The lowest BCUT2D eigenvalue weighted by molar-refractivity contribution is 0.111. The molecule has 0 aliphatic heterocycles. The van der Waals surface area contributed by atoms with Crippen LogP contribution in [-0.4, -0.2) is 73.9 Å². The van der Waals surface area contributed by atoms with Gasteiger partial charge in [-0.2, -0.15) is 0 Å². The van der Waals surface area contributed by atoms with Crippen molar-refractivity contribution in [2.24, 2.45) is 0 Å². The number of likely N-dealkylation sites (N-methyl/N-ethyl adjacent to an activating group) is 1. The maximum absolute atomic E-state index is 9.92. The molecule has 0 radical (unpaired) electrons. The number of rotatable bonds is 10. The molecule has 1 unspecified atom stereocenters. The average molecular weight is 243 g/mol. The highest BCUT2D eigenvalue weighted by Gasteiger charge is 2.21. The minimum absolute atomic E-state index is 0.227. The maximum atomic E-state index is 9.92. The normalized spacial score (nSPS) is 18.0. The Morgan fingerprint density at radius 2 is 2.00 bits per heavy atom. The molecule has 0 amide bonds. The summed E-state index contributed by atoms with van der Waals surface area (Å²) in [5, 5.41) is 13.3. The van der Waals surface area contributed by atoms with Crippen LogP contribution in [0.5, 0.6) is 0 Å². The number of hydrogen-bond acceptors (Lipinski definition) is 4. The van der Waals surface area contributed by atoms with E-state index in [2.05, 4.69) is 36.1 Å². The van der Waals surface area contributed by atoms with Crippen molar-refractivity contribution >= 4 is 0 Å². The quantitative estimate of drug-likeness (QED) is 0.582. The van der Waals surface area contributed by atoms with Gasteiger partial charge in [-0.3, -0.25) is 0 Å². The molecule has 0 aromatic rings. The second kappa shape index (κ2) is 8.03. The minimum Gasteiger partial charge on any atom is -0.390 e. The van der Waals surface area contributed by atoms with Crippen LogP contribution in [0.3, 0.4) is 0 Å². The minimum atomic E-state index is -0.227. The van der Waals surface area contributed by atoms with Gasteiger partial charge < -0.3 is 20.2 Å². The molecule has 1 fully saturated rings. The van der Waals surface area contributed by atoms with E-state index in [-0.39, 0.29) is 6.10 Å². The molecule has 4 nitrogen and oxygen atoms in total. The Morgan fingerprint density at radius 3 is 2.53 bits per heavy atom. The van der Waals surface area contributed by atoms with Crippen LogP contribution < -0.4 is 5.32 Å². The SMILES string of the molecule is CCN(CCCN(C)C)CC(O)CNC1CC1. The molecule has 1 aliphatic rings. The van der Waals surface area contributed by atoms with Crippen LogP contribution in [0.15, 0.2) is 0 Å². The van der Waals surface area contributed by atoms with E-state index in [9.17, 15) is 5.11 Å². The van der Waals surface area contributed by atoms with E-state index in [1.165, 1.54) is 19.3 Å². The van der Waals surface area contributed by atoms with Crippen LogP contribution in [0, 0.1) is 0 Å². The topological polar surface area (TPSA) is 38.7 Å². The predicted octanol–water partition coefficient (Wildman–Crippen LogP) is 0.373. The van der Waals surface area contributed by atoms with Gasteiger partial charge in [0.15, 0.2) is 0 Å². The fourth-order valence-corrected chi connectivity index (χ4v) is 1.94. The van der Waals surface area contributed by atoms with Crippen molar-refractivity contribution in [1.82, 2.24) is 15.1 Å². The van der Waals surface area contributed by atoms with E-state index >= 15 is 0 Å². The molecule has 1 aliphatic carbocycles. The molecule has 1 saturated carbocycles. The summed E-state index contributed by atoms with van der Waals surface area (Å²) in [6.45, 7) is 6.92. The van der Waals surface area contributed by atoms with Crippen LogP contribution in [0.2, 0.25) is 0 Å². The van der Waals surface area contributed by atoms with Gasteiger partial charge in [0.25, 0.3) is 0 Å². The Labute approximate surface area is 106 Å². The lowest BCUT2D eigenvalue weighted by atomic mass is 10.3. The first-order valence-electron chi connectivity index (χ1n) is 6.90. The smallest absolute Gasteiger partial charge is 0.0791 e. The zero-order valence-electron chi connectivity index (χ0n) is 11.7. The number of nitrogens with zero attached hydrogens (tertiary/aromatic N) is 2. The molecule has 0 saturated heterocycles. The number of nitrogens with one attached hydrogen (secondary N) is 1. The molecule has 1 rings (SSSR count). The van der Waals surface area contributed by atoms with Crippen molar-refractivity contribution in [3.8, 4) is 0 Å². The van der Waals surface area contributed by atoms with Gasteiger partial charge in [0.05, 0.1) is 6.10 Å². The molecule has 0 aromatic carbocycles. The summed E-state index contributed by atoms with van der Waals surface area (Å²) in [6.07, 6.45) is 3.51. The van der Waals surface area contributed by atoms with Gasteiger partial charge in [-0.25, -0.2) is 0 Å². The first-order valence-corrected chi connectivity index (χ1v) is 6.90. The Morgan fingerprint density at radius 1 is 1.29 bits per heavy atom. The zero-order valence-corrected chi connectivity index (χ0v) is 11.7. The van der Waals surface area contributed by atoms with Crippen molar-refractivity contribution in [2.45, 2.75) is 38.3 Å². The summed E-state index contributed by atoms with van der Waals surface area (Å²) in [4.78, 5) is 4.54. The monoisotopic (exact) mass is 243 g/mol. The Hall–Kier alpha value is -0.160. The lowest BCUT2D eigenvalue weighted by Gasteiger charge is -2.24. The number of aliphatic hydroxyl groups is 1. The molecular formula is C13H29N3O. The highest BCUT2D eigenvalue weighted by Crippen LogP contribution is 2.18. The van der Waals surface area contributed by atoms with E-state index in [1.54, 1.807) is 0 Å². The second-order valence-corrected chi connectivity index (χ2v) is 5.39.